The van der Waals surface area contributed by atoms with Gasteiger partial charge in [0.15, 0.2) is 12.2 Å². The summed E-state index contributed by atoms with van der Waals surface area (Å²) in [5.74, 6) is 0.0384. The van der Waals surface area contributed by atoms with Crippen LogP contribution < -0.4 is 0 Å². The summed E-state index contributed by atoms with van der Waals surface area (Å²) in [6.45, 7) is 11.6. The average molecular weight is 1170 g/mol. The van der Waals surface area contributed by atoms with Gasteiger partial charge >= 0.3 is 39.5 Å². The number of hydrogen-bond acceptors (Lipinski definition) is 15. The number of phosphoric acid groups is 2. The Labute approximate surface area is 479 Å². The van der Waals surface area contributed by atoms with Gasteiger partial charge in [-0.3, -0.25) is 37.3 Å². The Morgan fingerprint density at radius 2 is 0.646 bits per heavy atom. The van der Waals surface area contributed by atoms with Crippen molar-refractivity contribution in [2.45, 2.75) is 304 Å². The van der Waals surface area contributed by atoms with E-state index in [0.717, 1.165) is 127 Å². The summed E-state index contributed by atoms with van der Waals surface area (Å²) in [5.41, 5.74) is 0. The first-order valence-electron chi connectivity index (χ1n) is 31.4. The lowest BCUT2D eigenvalue weighted by Crippen LogP contribution is -2.30. The van der Waals surface area contributed by atoms with E-state index in [9.17, 15) is 43.2 Å². The summed E-state index contributed by atoms with van der Waals surface area (Å²) in [6.07, 6.45) is 30.9. The molecule has 0 heterocycles. The molecule has 0 aliphatic rings. The van der Waals surface area contributed by atoms with Crippen LogP contribution in [0.15, 0.2) is 0 Å². The number of carbonyl (C=O) groups is 4. The molecule has 0 spiro atoms. The molecule has 0 aliphatic carbocycles. The predicted octanol–water partition coefficient (Wildman–Crippen LogP) is 15.9. The highest BCUT2D eigenvalue weighted by Crippen LogP contribution is 2.45. The van der Waals surface area contributed by atoms with E-state index < -0.39 is 97.5 Å². The Hall–Kier alpha value is -1.94. The fraction of sp³-hybridized carbons (Fsp3) is 0.933. The topological polar surface area (TPSA) is 237 Å². The van der Waals surface area contributed by atoms with E-state index in [1.54, 1.807) is 0 Å². The molecular formula is C60H116O17P2. The van der Waals surface area contributed by atoms with E-state index >= 15 is 0 Å². The summed E-state index contributed by atoms with van der Waals surface area (Å²) in [7, 11) is -9.88. The SMILES string of the molecule is CCCCCCCCCC(=O)OC[C@H](COP(=O)(O)OC[C@H](O)COP(=O)(O)OC[C@@H](COC(=O)CCCCCCCCC(C)CC)OC(=O)CCCCCCCCCCCC(C)C)OC(=O)CCCCCCCCC(C)CC. The number of esters is 4. The molecule has 0 aromatic rings. The zero-order valence-electron chi connectivity index (χ0n) is 50.8. The van der Waals surface area contributed by atoms with E-state index in [-0.39, 0.29) is 25.7 Å². The minimum Gasteiger partial charge on any atom is -0.462 e. The monoisotopic (exact) mass is 1170 g/mol. The first kappa shape index (κ1) is 77.1. The molecule has 0 fully saturated rings. The minimum atomic E-state index is -4.94. The number of unbranched alkanes of at least 4 members (excludes halogenated alkanes) is 24. The van der Waals surface area contributed by atoms with Crippen LogP contribution in [0.25, 0.3) is 0 Å². The Morgan fingerprint density at radius 3 is 0.962 bits per heavy atom. The highest BCUT2D eigenvalue weighted by molar-refractivity contribution is 7.47. The van der Waals surface area contributed by atoms with E-state index in [1.807, 2.05) is 0 Å². The van der Waals surface area contributed by atoms with Crippen molar-refractivity contribution < 1.29 is 80.2 Å². The van der Waals surface area contributed by atoms with Crippen LogP contribution in [0.1, 0.15) is 286 Å². The van der Waals surface area contributed by atoms with Crippen LogP contribution in [0.3, 0.4) is 0 Å². The molecule has 4 unspecified atom stereocenters. The molecule has 0 rings (SSSR count). The summed E-state index contributed by atoms with van der Waals surface area (Å²) >= 11 is 0. The maximum absolute atomic E-state index is 12.9. The van der Waals surface area contributed by atoms with Crippen molar-refractivity contribution in [2.24, 2.45) is 17.8 Å². The number of carbonyl (C=O) groups excluding carboxylic acids is 4. The van der Waals surface area contributed by atoms with Gasteiger partial charge < -0.3 is 33.8 Å². The standard InChI is InChI=1S/C60H116O17P2/c1-8-11-12-13-17-27-34-41-57(62)70-47-56(77-60(65)44-37-30-23-21-26-33-40-53(7)10-3)50-75-79(68,69)73-46-54(61)45-72-78(66,67)74-49-55(48-71-58(63)42-35-28-22-20-25-32-39-52(6)9-2)76-59(64)43-36-29-19-16-14-15-18-24-31-38-51(4)5/h51-56,61H,8-50H2,1-7H3,(H,66,67)(H,68,69)/t52?,53?,54-,55-,56-/m1/s1. The third-order valence-electron chi connectivity index (χ3n) is 14.4. The van der Waals surface area contributed by atoms with E-state index in [2.05, 4.69) is 48.5 Å². The van der Waals surface area contributed by atoms with Gasteiger partial charge in [-0.15, -0.1) is 0 Å². The zero-order valence-corrected chi connectivity index (χ0v) is 52.6. The molecule has 0 radical (unpaired) electrons. The van der Waals surface area contributed by atoms with Crippen LogP contribution in [-0.2, 0) is 65.4 Å². The third-order valence-corrected chi connectivity index (χ3v) is 16.3. The molecule has 7 atom stereocenters. The van der Waals surface area contributed by atoms with Crippen molar-refractivity contribution in [2.75, 3.05) is 39.6 Å². The van der Waals surface area contributed by atoms with Crippen molar-refractivity contribution >= 4 is 39.5 Å². The molecule has 17 nitrogen and oxygen atoms in total. The highest BCUT2D eigenvalue weighted by atomic mass is 31.2. The normalized spacial score (nSPS) is 15.2. The number of rotatable bonds is 58. The molecule has 3 N–H and O–H groups in total. The zero-order chi connectivity index (χ0) is 58.8. The number of phosphoric ester groups is 2. The third kappa shape index (κ3) is 52.6. The van der Waals surface area contributed by atoms with Crippen LogP contribution in [0.5, 0.6) is 0 Å². The van der Waals surface area contributed by atoms with Gasteiger partial charge in [-0.05, 0) is 43.4 Å². The maximum atomic E-state index is 12.9. The molecule has 0 amide bonds. The molecular weight excluding hydrogens is 1050 g/mol. The lowest BCUT2D eigenvalue weighted by molar-refractivity contribution is -0.161. The van der Waals surface area contributed by atoms with Crippen LogP contribution in [-0.4, -0.2) is 96.7 Å². The number of ether oxygens (including phenoxy) is 4. The van der Waals surface area contributed by atoms with Crippen molar-refractivity contribution in [1.29, 1.82) is 0 Å². The van der Waals surface area contributed by atoms with Crippen LogP contribution in [0.2, 0.25) is 0 Å². The number of aliphatic hydroxyl groups excluding tert-OH is 1. The Morgan fingerprint density at radius 1 is 0.367 bits per heavy atom. The lowest BCUT2D eigenvalue weighted by Gasteiger charge is -2.21. The fourth-order valence-electron chi connectivity index (χ4n) is 8.71. The first-order valence-corrected chi connectivity index (χ1v) is 34.4. The van der Waals surface area contributed by atoms with Gasteiger partial charge in [0.2, 0.25) is 0 Å². The van der Waals surface area contributed by atoms with Gasteiger partial charge in [-0.1, -0.05) is 235 Å². The molecule has 0 aromatic carbocycles. The molecule has 0 aromatic heterocycles. The summed E-state index contributed by atoms with van der Waals surface area (Å²) < 4.78 is 67.7. The quantitative estimate of drug-likeness (QED) is 0.0222. The van der Waals surface area contributed by atoms with Gasteiger partial charge in [0, 0.05) is 25.7 Å². The Bertz CT molecular complexity index is 1580. The van der Waals surface area contributed by atoms with Crippen molar-refractivity contribution in [3.8, 4) is 0 Å². The van der Waals surface area contributed by atoms with Crippen molar-refractivity contribution in [3.05, 3.63) is 0 Å². The minimum absolute atomic E-state index is 0.102. The Balaban J connectivity index is 5.24. The number of hydrogen-bond donors (Lipinski definition) is 3. The molecule has 0 saturated heterocycles. The fourth-order valence-corrected chi connectivity index (χ4v) is 10.3. The van der Waals surface area contributed by atoms with Crippen molar-refractivity contribution in [3.63, 3.8) is 0 Å². The van der Waals surface area contributed by atoms with Crippen LogP contribution >= 0.6 is 15.6 Å². The molecule has 468 valence electrons. The molecule has 79 heavy (non-hydrogen) atoms. The Kier molecular flexibility index (Phi) is 50.4. The van der Waals surface area contributed by atoms with Crippen molar-refractivity contribution in [1.82, 2.24) is 0 Å². The molecule has 0 saturated carbocycles. The second-order valence-electron chi connectivity index (χ2n) is 22.7. The van der Waals surface area contributed by atoms with Gasteiger partial charge in [0.25, 0.3) is 0 Å². The van der Waals surface area contributed by atoms with E-state index in [4.69, 9.17) is 37.0 Å². The molecule has 0 bridgehead atoms. The second-order valence-corrected chi connectivity index (χ2v) is 25.6. The average Bonchev–Trinajstić information content (AvgIpc) is 3.41. The predicted molar refractivity (Wildman–Crippen MR) is 312 cm³/mol. The summed E-state index contributed by atoms with van der Waals surface area (Å²) in [6, 6.07) is 0. The highest BCUT2D eigenvalue weighted by Gasteiger charge is 2.30. The first-order chi connectivity index (χ1) is 37.8. The van der Waals surface area contributed by atoms with Gasteiger partial charge in [0.1, 0.15) is 19.3 Å². The van der Waals surface area contributed by atoms with Gasteiger partial charge in [-0.2, -0.15) is 0 Å². The summed E-state index contributed by atoms with van der Waals surface area (Å²) in [4.78, 5) is 71.9. The van der Waals surface area contributed by atoms with Gasteiger partial charge in [0.05, 0.1) is 26.4 Å². The number of aliphatic hydroxyl groups is 1. The molecule has 0 aliphatic heterocycles. The largest absolute Gasteiger partial charge is 0.472 e. The smallest absolute Gasteiger partial charge is 0.462 e. The van der Waals surface area contributed by atoms with Crippen LogP contribution in [0, 0.1) is 17.8 Å². The summed E-state index contributed by atoms with van der Waals surface area (Å²) in [5, 5.41) is 10.5. The van der Waals surface area contributed by atoms with E-state index in [1.165, 1.54) is 77.0 Å². The van der Waals surface area contributed by atoms with E-state index in [0.29, 0.717) is 25.7 Å². The maximum Gasteiger partial charge on any atom is 0.472 e. The molecule has 19 heteroatoms. The van der Waals surface area contributed by atoms with Crippen LogP contribution in [0.4, 0.5) is 0 Å². The lowest BCUT2D eigenvalue weighted by atomic mass is 10.00. The van der Waals surface area contributed by atoms with Gasteiger partial charge in [-0.25, -0.2) is 9.13 Å². The second kappa shape index (κ2) is 51.7.